The van der Waals surface area contributed by atoms with E-state index in [1.54, 1.807) is 6.20 Å². The van der Waals surface area contributed by atoms with Crippen LogP contribution in [0.25, 0.3) is 0 Å². The third-order valence-corrected chi connectivity index (χ3v) is 2.62. The summed E-state index contributed by atoms with van der Waals surface area (Å²) in [6, 6.07) is 3.06. The topological polar surface area (TPSA) is 76.2 Å². The molecule has 1 aliphatic rings. The smallest absolute Gasteiger partial charge is 0.320 e. The lowest BCUT2D eigenvalue weighted by molar-refractivity contribution is -0.138. The number of aromatic nitrogens is 1. The molecule has 1 aromatic heterocycles. The van der Waals surface area contributed by atoms with Gasteiger partial charge in [0.2, 0.25) is 0 Å². The van der Waals surface area contributed by atoms with E-state index in [9.17, 15) is 4.79 Å². The minimum absolute atomic E-state index is 0.341. The SMILES string of the molecule is NC(Cc1ccc(C2CC2)nc1)C(=O)O. The Balaban J connectivity index is 2.00. The van der Waals surface area contributed by atoms with Crippen LogP contribution >= 0.6 is 0 Å². The number of carboxylic acid groups (broad SMARTS) is 1. The third kappa shape index (κ3) is 2.53. The molecule has 1 aromatic rings. The van der Waals surface area contributed by atoms with Gasteiger partial charge in [-0.05, 0) is 30.9 Å². The Morgan fingerprint density at radius 3 is 2.80 bits per heavy atom. The molecule has 0 bridgehead atoms. The molecule has 0 saturated heterocycles. The normalized spacial score (nSPS) is 17.4. The van der Waals surface area contributed by atoms with Crippen LogP contribution in [0.15, 0.2) is 18.3 Å². The molecule has 3 N–H and O–H groups in total. The van der Waals surface area contributed by atoms with Crippen molar-refractivity contribution in [3.63, 3.8) is 0 Å². The van der Waals surface area contributed by atoms with E-state index >= 15 is 0 Å². The van der Waals surface area contributed by atoms with Gasteiger partial charge in [-0.2, -0.15) is 0 Å². The first kappa shape index (κ1) is 10.1. The van der Waals surface area contributed by atoms with E-state index in [1.165, 1.54) is 12.8 Å². The van der Waals surface area contributed by atoms with Crippen LogP contribution in [0.3, 0.4) is 0 Å². The standard InChI is InChI=1S/C11H14N2O2/c12-9(11(14)15)5-7-1-4-10(13-6-7)8-2-3-8/h1,4,6,8-9H,2-3,5,12H2,(H,14,15). The van der Waals surface area contributed by atoms with Crippen molar-refractivity contribution in [1.29, 1.82) is 0 Å². The monoisotopic (exact) mass is 206 g/mol. The van der Waals surface area contributed by atoms with Crippen LogP contribution in [-0.2, 0) is 11.2 Å². The third-order valence-electron chi connectivity index (χ3n) is 2.62. The summed E-state index contributed by atoms with van der Waals surface area (Å²) in [5, 5.41) is 8.65. The van der Waals surface area contributed by atoms with Crippen molar-refractivity contribution in [2.24, 2.45) is 5.73 Å². The average molecular weight is 206 g/mol. The Bertz CT molecular complexity index is 357. The summed E-state index contributed by atoms with van der Waals surface area (Å²) in [5.41, 5.74) is 7.43. The van der Waals surface area contributed by atoms with Gasteiger partial charge in [0.1, 0.15) is 6.04 Å². The fourth-order valence-electron chi connectivity index (χ4n) is 1.52. The second kappa shape index (κ2) is 3.98. The average Bonchev–Trinajstić information content (AvgIpc) is 3.02. The van der Waals surface area contributed by atoms with Crippen LogP contribution in [0.5, 0.6) is 0 Å². The quantitative estimate of drug-likeness (QED) is 0.767. The number of hydrogen-bond donors (Lipinski definition) is 2. The van der Waals surface area contributed by atoms with Gasteiger partial charge in [0.05, 0.1) is 0 Å². The van der Waals surface area contributed by atoms with Crippen LogP contribution in [0.2, 0.25) is 0 Å². The molecule has 4 heteroatoms. The second-order valence-electron chi connectivity index (χ2n) is 4.01. The molecular weight excluding hydrogens is 192 g/mol. The maximum absolute atomic E-state index is 10.5. The zero-order chi connectivity index (χ0) is 10.8. The van der Waals surface area contributed by atoms with Crippen molar-refractivity contribution in [2.45, 2.75) is 31.2 Å². The zero-order valence-corrected chi connectivity index (χ0v) is 8.39. The molecule has 1 aliphatic carbocycles. The van der Waals surface area contributed by atoms with E-state index in [0.29, 0.717) is 12.3 Å². The van der Waals surface area contributed by atoms with E-state index in [4.69, 9.17) is 10.8 Å². The zero-order valence-electron chi connectivity index (χ0n) is 8.39. The molecule has 15 heavy (non-hydrogen) atoms. The molecule has 1 saturated carbocycles. The number of carboxylic acids is 1. The number of hydrogen-bond acceptors (Lipinski definition) is 3. The van der Waals surface area contributed by atoms with Crippen LogP contribution in [-0.4, -0.2) is 22.1 Å². The molecule has 2 rings (SSSR count). The molecule has 1 fully saturated rings. The van der Waals surface area contributed by atoms with Gasteiger partial charge in [-0.15, -0.1) is 0 Å². The van der Waals surface area contributed by atoms with Crippen LogP contribution < -0.4 is 5.73 Å². The number of nitrogens with two attached hydrogens (primary N) is 1. The Hall–Kier alpha value is -1.42. The molecule has 1 atom stereocenters. The number of carbonyl (C=O) groups is 1. The van der Waals surface area contributed by atoms with Crippen molar-refractivity contribution in [2.75, 3.05) is 0 Å². The predicted molar refractivity (Wildman–Crippen MR) is 55.5 cm³/mol. The Morgan fingerprint density at radius 2 is 2.33 bits per heavy atom. The van der Waals surface area contributed by atoms with Gasteiger partial charge in [-0.3, -0.25) is 9.78 Å². The summed E-state index contributed by atoms with van der Waals surface area (Å²) in [4.78, 5) is 14.8. The van der Waals surface area contributed by atoms with Gasteiger partial charge in [-0.1, -0.05) is 6.07 Å². The van der Waals surface area contributed by atoms with Gasteiger partial charge < -0.3 is 10.8 Å². The maximum Gasteiger partial charge on any atom is 0.320 e. The lowest BCUT2D eigenvalue weighted by atomic mass is 10.1. The Kier molecular flexibility index (Phi) is 2.68. The molecular formula is C11H14N2O2. The van der Waals surface area contributed by atoms with Gasteiger partial charge >= 0.3 is 5.97 Å². The molecule has 0 aliphatic heterocycles. The summed E-state index contributed by atoms with van der Waals surface area (Å²) in [7, 11) is 0. The van der Waals surface area contributed by atoms with Gasteiger partial charge in [-0.25, -0.2) is 0 Å². The first-order valence-electron chi connectivity index (χ1n) is 5.10. The van der Waals surface area contributed by atoms with Gasteiger partial charge in [0, 0.05) is 17.8 Å². The van der Waals surface area contributed by atoms with Crippen molar-refractivity contribution < 1.29 is 9.90 Å². The summed E-state index contributed by atoms with van der Waals surface area (Å²) in [5.74, 6) is -0.339. The highest BCUT2D eigenvalue weighted by molar-refractivity contribution is 5.73. The van der Waals surface area contributed by atoms with Crippen LogP contribution in [0, 0.1) is 0 Å². The van der Waals surface area contributed by atoms with Crippen LogP contribution in [0.1, 0.15) is 30.0 Å². The highest BCUT2D eigenvalue weighted by atomic mass is 16.4. The minimum Gasteiger partial charge on any atom is -0.480 e. The van der Waals surface area contributed by atoms with Gasteiger partial charge in [0.15, 0.2) is 0 Å². The lowest BCUT2D eigenvalue weighted by Crippen LogP contribution is -2.32. The molecule has 80 valence electrons. The van der Waals surface area contributed by atoms with E-state index in [1.807, 2.05) is 12.1 Å². The molecule has 1 unspecified atom stereocenters. The first-order chi connectivity index (χ1) is 7.16. The van der Waals surface area contributed by atoms with Gasteiger partial charge in [0.25, 0.3) is 0 Å². The van der Waals surface area contributed by atoms with E-state index in [-0.39, 0.29) is 0 Å². The summed E-state index contributed by atoms with van der Waals surface area (Å²) in [6.45, 7) is 0. The number of rotatable bonds is 4. The summed E-state index contributed by atoms with van der Waals surface area (Å²) < 4.78 is 0. The minimum atomic E-state index is -0.971. The highest BCUT2D eigenvalue weighted by Gasteiger charge is 2.24. The van der Waals surface area contributed by atoms with Crippen molar-refractivity contribution >= 4 is 5.97 Å². The molecule has 0 radical (unpaired) electrons. The highest BCUT2D eigenvalue weighted by Crippen LogP contribution is 2.38. The van der Waals surface area contributed by atoms with Crippen LogP contribution in [0.4, 0.5) is 0 Å². The summed E-state index contributed by atoms with van der Waals surface area (Å²) >= 11 is 0. The Labute approximate surface area is 88.1 Å². The van der Waals surface area contributed by atoms with Crippen molar-refractivity contribution in [3.8, 4) is 0 Å². The summed E-state index contributed by atoms with van der Waals surface area (Å²) in [6.07, 6.45) is 4.52. The van der Waals surface area contributed by atoms with E-state index in [0.717, 1.165) is 11.3 Å². The first-order valence-corrected chi connectivity index (χ1v) is 5.10. The van der Waals surface area contributed by atoms with Crippen molar-refractivity contribution in [3.05, 3.63) is 29.6 Å². The molecule has 0 amide bonds. The number of pyridine rings is 1. The predicted octanol–water partition coefficient (Wildman–Crippen LogP) is 0.913. The van der Waals surface area contributed by atoms with Crippen molar-refractivity contribution in [1.82, 2.24) is 4.98 Å². The van der Waals surface area contributed by atoms with E-state index in [2.05, 4.69) is 4.98 Å². The maximum atomic E-state index is 10.5. The molecule has 1 heterocycles. The molecule has 0 spiro atoms. The lowest BCUT2D eigenvalue weighted by Gasteiger charge is -2.06. The fraction of sp³-hybridized carbons (Fsp3) is 0.455. The number of aliphatic carboxylic acids is 1. The second-order valence-corrected chi connectivity index (χ2v) is 4.01. The van der Waals surface area contributed by atoms with E-state index < -0.39 is 12.0 Å². The molecule has 4 nitrogen and oxygen atoms in total. The molecule has 0 aromatic carbocycles. The Morgan fingerprint density at radius 1 is 1.60 bits per heavy atom. The fourth-order valence-corrected chi connectivity index (χ4v) is 1.52. The number of nitrogens with zero attached hydrogens (tertiary/aromatic N) is 1. The largest absolute Gasteiger partial charge is 0.480 e.